The SMILES string of the molecule is COC(=O)c1ccccc1N/C=C(/C#N)C(=O)NCC(=O)O. The maximum absolute atomic E-state index is 11.6. The fraction of sp³-hybridized carbons (Fsp3) is 0.143. The molecule has 8 heteroatoms. The van der Waals surface area contributed by atoms with Crippen LogP contribution in [0.15, 0.2) is 36.0 Å². The van der Waals surface area contributed by atoms with Crippen molar-refractivity contribution in [3.8, 4) is 6.07 Å². The number of nitrogens with zero attached hydrogens (tertiary/aromatic N) is 1. The number of hydrogen-bond acceptors (Lipinski definition) is 6. The van der Waals surface area contributed by atoms with Gasteiger partial charge in [0, 0.05) is 6.20 Å². The maximum Gasteiger partial charge on any atom is 0.339 e. The third-order valence-electron chi connectivity index (χ3n) is 2.47. The summed E-state index contributed by atoms with van der Waals surface area (Å²) in [5.41, 5.74) is 0.235. The van der Waals surface area contributed by atoms with Gasteiger partial charge in [-0.2, -0.15) is 5.26 Å². The molecular weight excluding hydrogens is 290 g/mol. The molecule has 1 rings (SSSR count). The van der Waals surface area contributed by atoms with Crippen LogP contribution >= 0.6 is 0 Å². The highest BCUT2D eigenvalue weighted by molar-refractivity contribution is 5.99. The molecule has 0 aliphatic rings. The van der Waals surface area contributed by atoms with Crippen molar-refractivity contribution in [2.75, 3.05) is 19.0 Å². The van der Waals surface area contributed by atoms with Crippen molar-refractivity contribution in [2.45, 2.75) is 0 Å². The highest BCUT2D eigenvalue weighted by atomic mass is 16.5. The van der Waals surface area contributed by atoms with Gasteiger partial charge in [0.25, 0.3) is 5.91 Å². The molecule has 0 spiro atoms. The van der Waals surface area contributed by atoms with Gasteiger partial charge < -0.3 is 20.5 Å². The van der Waals surface area contributed by atoms with Gasteiger partial charge in [0.05, 0.1) is 18.4 Å². The molecular formula is C14H13N3O5. The molecule has 0 bridgehead atoms. The Morgan fingerprint density at radius 3 is 2.64 bits per heavy atom. The number of carboxylic acid groups (broad SMARTS) is 1. The third-order valence-corrected chi connectivity index (χ3v) is 2.47. The Hall–Kier alpha value is -3.34. The summed E-state index contributed by atoms with van der Waals surface area (Å²) in [6.45, 7) is -0.601. The topological polar surface area (TPSA) is 129 Å². The third kappa shape index (κ3) is 4.64. The second kappa shape index (κ2) is 8.06. The molecule has 0 radical (unpaired) electrons. The molecule has 0 fully saturated rings. The number of carbonyl (C=O) groups excluding carboxylic acids is 2. The standard InChI is InChI=1S/C14H13N3O5/c1-22-14(21)10-4-2-3-5-11(10)16-7-9(6-15)13(20)17-8-12(18)19/h2-5,7,16H,8H2,1H3,(H,17,20)(H,18,19)/b9-7-. The molecule has 22 heavy (non-hydrogen) atoms. The van der Waals surface area contributed by atoms with Gasteiger partial charge in [-0.05, 0) is 12.1 Å². The normalized spacial score (nSPS) is 10.3. The van der Waals surface area contributed by atoms with Crippen molar-refractivity contribution >= 4 is 23.5 Å². The lowest BCUT2D eigenvalue weighted by Gasteiger charge is -2.07. The van der Waals surface area contributed by atoms with E-state index in [0.29, 0.717) is 5.69 Å². The first-order chi connectivity index (χ1) is 10.5. The number of hydrogen-bond donors (Lipinski definition) is 3. The number of para-hydroxylation sites is 1. The van der Waals surface area contributed by atoms with Crippen LogP contribution in [0.2, 0.25) is 0 Å². The first-order valence-corrected chi connectivity index (χ1v) is 6.03. The summed E-state index contributed by atoms with van der Waals surface area (Å²) >= 11 is 0. The van der Waals surface area contributed by atoms with Crippen LogP contribution in [0.4, 0.5) is 5.69 Å². The predicted molar refractivity (Wildman–Crippen MR) is 75.7 cm³/mol. The van der Waals surface area contributed by atoms with Crippen molar-refractivity contribution in [3.05, 3.63) is 41.6 Å². The monoisotopic (exact) mass is 303 g/mol. The molecule has 1 aromatic rings. The number of methoxy groups -OCH3 is 1. The molecule has 8 nitrogen and oxygen atoms in total. The minimum atomic E-state index is -1.23. The zero-order valence-electron chi connectivity index (χ0n) is 11.6. The summed E-state index contributed by atoms with van der Waals surface area (Å²) in [6.07, 6.45) is 1.08. The van der Waals surface area contributed by atoms with E-state index >= 15 is 0 Å². The Bertz CT molecular complexity index is 661. The van der Waals surface area contributed by atoms with Gasteiger partial charge in [-0.25, -0.2) is 4.79 Å². The van der Waals surface area contributed by atoms with Crippen LogP contribution in [0.25, 0.3) is 0 Å². The van der Waals surface area contributed by atoms with Crippen molar-refractivity contribution in [2.24, 2.45) is 0 Å². The van der Waals surface area contributed by atoms with Gasteiger partial charge in [0.2, 0.25) is 0 Å². The van der Waals surface area contributed by atoms with E-state index in [-0.39, 0.29) is 11.1 Å². The van der Waals surface area contributed by atoms with Crippen molar-refractivity contribution < 1.29 is 24.2 Å². The predicted octanol–water partition coefficient (Wildman–Crippen LogP) is 0.493. The largest absolute Gasteiger partial charge is 0.480 e. The Balaban J connectivity index is 2.90. The van der Waals surface area contributed by atoms with Gasteiger partial charge in [0.15, 0.2) is 0 Å². The van der Waals surface area contributed by atoms with E-state index in [4.69, 9.17) is 10.4 Å². The lowest BCUT2D eigenvalue weighted by atomic mass is 10.2. The minimum Gasteiger partial charge on any atom is -0.480 e. The van der Waals surface area contributed by atoms with Crippen LogP contribution in [-0.2, 0) is 14.3 Å². The number of anilines is 1. The van der Waals surface area contributed by atoms with Crippen LogP contribution in [0.1, 0.15) is 10.4 Å². The Morgan fingerprint density at radius 2 is 2.05 bits per heavy atom. The number of nitrogens with one attached hydrogen (secondary N) is 2. The van der Waals surface area contributed by atoms with E-state index in [2.05, 4.69) is 15.4 Å². The fourth-order valence-electron chi connectivity index (χ4n) is 1.45. The van der Waals surface area contributed by atoms with Crippen LogP contribution in [0.3, 0.4) is 0 Å². The molecule has 0 atom stereocenters. The smallest absolute Gasteiger partial charge is 0.339 e. The van der Waals surface area contributed by atoms with Crippen molar-refractivity contribution in [1.29, 1.82) is 5.26 Å². The van der Waals surface area contributed by atoms with Crippen molar-refractivity contribution in [1.82, 2.24) is 5.32 Å². The Labute approximate surface area is 126 Å². The van der Waals surface area contributed by atoms with Crippen molar-refractivity contribution in [3.63, 3.8) is 0 Å². The zero-order chi connectivity index (χ0) is 16.5. The summed E-state index contributed by atoms with van der Waals surface area (Å²) in [5, 5.41) is 22.1. The molecule has 1 aromatic carbocycles. The second-order valence-electron chi connectivity index (χ2n) is 3.93. The Morgan fingerprint density at radius 1 is 1.36 bits per heavy atom. The summed E-state index contributed by atoms with van der Waals surface area (Å²) in [6, 6.07) is 7.99. The number of carbonyl (C=O) groups is 3. The summed E-state index contributed by atoms with van der Waals surface area (Å²) in [7, 11) is 1.23. The van der Waals surface area contributed by atoms with Crippen LogP contribution in [0, 0.1) is 11.3 Å². The molecule has 0 aliphatic carbocycles. The highest BCUT2D eigenvalue weighted by Gasteiger charge is 2.12. The fourth-order valence-corrected chi connectivity index (χ4v) is 1.45. The lowest BCUT2D eigenvalue weighted by molar-refractivity contribution is -0.137. The lowest BCUT2D eigenvalue weighted by Crippen LogP contribution is -2.30. The molecule has 114 valence electrons. The maximum atomic E-state index is 11.6. The minimum absolute atomic E-state index is 0.226. The van der Waals surface area contributed by atoms with Gasteiger partial charge in [-0.1, -0.05) is 12.1 Å². The molecule has 3 N–H and O–H groups in total. The molecule has 0 unspecified atom stereocenters. The quantitative estimate of drug-likeness (QED) is 0.396. The number of amides is 1. The highest BCUT2D eigenvalue weighted by Crippen LogP contribution is 2.16. The van der Waals surface area contributed by atoms with Gasteiger partial charge in [-0.3, -0.25) is 9.59 Å². The van der Waals surface area contributed by atoms with E-state index in [1.165, 1.54) is 13.2 Å². The van der Waals surface area contributed by atoms with Crippen LogP contribution in [0.5, 0.6) is 0 Å². The first kappa shape index (κ1) is 16.7. The van der Waals surface area contributed by atoms with Gasteiger partial charge >= 0.3 is 11.9 Å². The second-order valence-corrected chi connectivity index (χ2v) is 3.93. The van der Waals surface area contributed by atoms with Gasteiger partial charge in [-0.15, -0.1) is 0 Å². The number of esters is 1. The van der Waals surface area contributed by atoms with E-state index < -0.39 is 24.4 Å². The van der Waals surface area contributed by atoms with Crippen LogP contribution < -0.4 is 10.6 Å². The number of rotatable bonds is 6. The number of aliphatic carboxylic acids is 1. The molecule has 0 heterocycles. The molecule has 0 saturated heterocycles. The molecule has 1 amide bonds. The van der Waals surface area contributed by atoms with E-state index in [1.54, 1.807) is 24.3 Å². The summed E-state index contributed by atoms with van der Waals surface area (Å²) in [4.78, 5) is 33.5. The summed E-state index contributed by atoms with van der Waals surface area (Å²) in [5.74, 6) is -2.65. The average molecular weight is 303 g/mol. The molecule has 0 saturated carbocycles. The number of benzene rings is 1. The van der Waals surface area contributed by atoms with Crippen LogP contribution in [-0.4, -0.2) is 36.6 Å². The number of ether oxygens (including phenoxy) is 1. The van der Waals surface area contributed by atoms with E-state index in [1.807, 2.05) is 0 Å². The Kier molecular flexibility index (Phi) is 6.12. The zero-order valence-corrected chi connectivity index (χ0v) is 11.6. The van der Waals surface area contributed by atoms with Gasteiger partial charge in [0.1, 0.15) is 18.2 Å². The summed E-state index contributed by atoms with van der Waals surface area (Å²) < 4.78 is 4.61. The average Bonchev–Trinajstić information content (AvgIpc) is 2.53. The van der Waals surface area contributed by atoms with E-state index in [9.17, 15) is 14.4 Å². The number of nitriles is 1. The molecule has 0 aliphatic heterocycles. The number of carboxylic acids is 1. The van der Waals surface area contributed by atoms with E-state index in [0.717, 1.165) is 6.20 Å². The molecule has 0 aromatic heterocycles. The first-order valence-electron chi connectivity index (χ1n) is 6.03.